The van der Waals surface area contributed by atoms with Crippen molar-refractivity contribution in [2.24, 2.45) is 7.05 Å². The molecule has 88 valence electrons. The van der Waals surface area contributed by atoms with E-state index in [0.29, 0.717) is 0 Å². The molecule has 1 aromatic heterocycles. The van der Waals surface area contributed by atoms with Crippen LogP contribution in [0.3, 0.4) is 0 Å². The number of aromatic nitrogens is 1. The van der Waals surface area contributed by atoms with Gasteiger partial charge in [0.05, 0.1) is 0 Å². The highest BCUT2D eigenvalue weighted by Crippen LogP contribution is 2.10. The Hall–Kier alpha value is -1.36. The van der Waals surface area contributed by atoms with Crippen LogP contribution < -0.4 is 34.3 Å². The molecule has 0 amide bonds. The molecule has 0 spiro atoms. The van der Waals surface area contributed by atoms with Gasteiger partial charge in [-0.2, -0.15) is 4.57 Å². The molecule has 0 unspecified atom stereocenters. The lowest BCUT2D eigenvalue weighted by atomic mass is 10.2. The third kappa shape index (κ3) is 3.56. The molecule has 2 rings (SSSR count). The summed E-state index contributed by atoms with van der Waals surface area (Å²) in [7, 11) is 1.99. The minimum Gasteiger partial charge on any atom is -1.00 e. The number of aryl methyl sites for hydroxylation is 1. The highest BCUT2D eigenvalue weighted by Gasteiger charge is 2.05. The van der Waals surface area contributed by atoms with Crippen LogP contribution in [0.5, 0.6) is 0 Å². The van der Waals surface area contributed by atoms with Crippen LogP contribution in [-0.2, 0) is 7.05 Å². The Morgan fingerprint density at radius 1 is 1.00 bits per heavy atom. The Labute approximate surface area is 119 Å². The topological polar surface area (TPSA) is 29.9 Å². The van der Waals surface area contributed by atoms with Crippen LogP contribution in [0.15, 0.2) is 48.7 Å². The lowest BCUT2D eigenvalue weighted by molar-refractivity contribution is -0.672. The van der Waals surface area contributed by atoms with Crippen LogP contribution in [0.4, 0.5) is 5.69 Å². The van der Waals surface area contributed by atoms with Crippen LogP contribution in [0, 0.1) is 0 Å². The largest absolute Gasteiger partial charge is 1.00 e. The van der Waals surface area contributed by atoms with E-state index in [9.17, 15) is 0 Å². The predicted molar refractivity (Wildman–Crippen MR) is 67.4 cm³/mol. The molecule has 2 N–H and O–H groups in total. The molecule has 0 fully saturated rings. The van der Waals surface area contributed by atoms with E-state index in [1.165, 1.54) is 5.56 Å². The Morgan fingerprint density at radius 2 is 1.71 bits per heavy atom. The van der Waals surface area contributed by atoms with Crippen LogP contribution in [0.1, 0.15) is 11.3 Å². The van der Waals surface area contributed by atoms with Crippen molar-refractivity contribution < 1.29 is 28.5 Å². The molecule has 0 atom stereocenters. The van der Waals surface area contributed by atoms with Crippen molar-refractivity contribution in [1.82, 2.24) is 0 Å². The summed E-state index contributed by atoms with van der Waals surface area (Å²) in [5.74, 6) is 0. The fourth-order valence-electron chi connectivity index (χ4n) is 1.60. The minimum atomic E-state index is 0. The summed E-state index contributed by atoms with van der Waals surface area (Å²) in [5.41, 5.74) is 8.89. The van der Waals surface area contributed by atoms with Crippen molar-refractivity contribution in [3.63, 3.8) is 0 Å². The Balaban J connectivity index is 0.00000144. The summed E-state index contributed by atoms with van der Waals surface area (Å²) in [6, 6.07) is 14.0. The molecule has 1 heterocycles. The number of pyridine rings is 1. The van der Waals surface area contributed by atoms with Gasteiger partial charge in [0.2, 0.25) is 5.69 Å². The van der Waals surface area contributed by atoms with Crippen molar-refractivity contribution in [3.05, 3.63) is 59.9 Å². The van der Waals surface area contributed by atoms with Gasteiger partial charge in [0.15, 0.2) is 6.20 Å². The Morgan fingerprint density at radius 3 is 2.35 bits per heavy atom. The quantitative estimate of drug-likeness (QED) is 0.568. The van der Waals surface area contributed by atoms with Crippen LogP contribution >= 0.6 is 0 Å². The van der Waals surface area contributed by atoms with E-state index in [0.717, 1.165) is 11.4 Å². The molecule has 0 aliphatic carbocycles. The zero-order valence-electron chi connectivity index (χ0n) is 9.68. The number of nitrogen functional groups attached to an aromatic ring is 1. The molecule has 0 aliphatic heterocycles. The van der Waals surface area contributed by atoms with Crippen molar-refractivity contribution in [1.29, 1.82) is 0 Å². The zero-order chi connectivity index (χ0) is 11.4. The number of benzene rings is 1. The summed E-state index contributed by atoms with van der Waals surface area (Å²) in [6.07, 6.45) is 6.08. The molecule has 0 radical (unpaired) electrons. The summed E-state index contributed by atoms with van der Waals surface area (Å²) in [5, 5.41) is 0. The fraction of sp³-hybridized carbons (Fsp3) is 0.0714. The number of nitrogens with zero attached hydrogens (tertiary/aromatic N) is 1. The first-order chi connectivity index (χ1) is 7.77. The first-order valence-electron chi connectivity index (χ1n) is 5.24. The van der Waals surface area contributed by atoms with Gasteiger partial charge in [-0.05, 0) is 17.7 Å². The normalized spacial score (nSPS) is 10.2. The first-order valence-corrected chi connectivity index (χ1v) is 5.24. The van der Waals surface area contributed by atoms with Crippen molar-refractivity contribution >= 4 is 17.8 Å². The molecule has 0 bridgehead atoms. The predicted octanol–water partition coefficient (Wildman–Crippen LogP) is -0.732. The molecule has 1 aromatic carbocycles. The third-order valence-electron chi connectivity index (χ3n) is 2.49. The van der Waals surface area contributed by atoms with Crippen molar-refractivity contribution in [2.75, 3.05) is 5.73 Å². The molecule has 2 nitrogen and oxygen atoms in total. The van der Waals surface area contributed by atoms with Crippen LogP contribution in [-0.4, -0.2) is 0 Å². The maximum absolute atomic E-state index is 5.91. The third-order valence-corrected chi connectivity index (χ3v) is 2.49. The second kappa shape index (κ2) is 6.39. The van der Waals surface area contributed by atoms with Gasteiger partial charge in [-0.15, -0.1) is 0 Å². The summed E-state index contributed by atoms with van der Waals surface area (Å²) >= 11 is 0. The van der Waals surface area contributed by atoms with Crippen molar-refractivity contribution in [3.8, 4) is 0 Å². The number of anilines is 1. The standard InChI is InChI=1S/C14H15N2.HI/c1-16-11-5-8-13(15)14(16)10-9-12-6-3-2-4-7-12;/h2-11H,15H2,1H3;1H/q+1;/p-1. The summed E-state index contributed by atoms with van der Waals surface area (Å²) < 4.78 is 2.01. The molecular formula is C14H15IN2. The van der Waals surface area contributed by atoms with E-state index >= 15 is 0 Å². The number of nitrogens with two attached hydrogens (primary N) is 1. The molecule has 17 heavy (non-hydrogen) atoms. The molecule has 0 aliphatic rings. The highest BCUT2D eigenvalue weighted by atomic mass is 127. The van der Waals surface area contributed by atoms with E-state index in [2.05, 4.69) is 18.2 Å². The lowest BCUT2D eigenvalue weighted by Gasteiger charge is -1.97. The van der Waals surface area contributed by atoms with Crippen molar-refractivity contribution in [2.45, 2.75) is 0 Å². The van der Waals surface area contributed by atoms with E-state index in [4.69, 9.17) is 5.73 Å². The van der Waals surface area contributed by atoms with E-state index in [1.807, 2.05) is 54.2 Å². The number of halogens is 1. The Bertz CT molecular complexity index is 487. The van der Waals surface area contributed by atoms with Gasteiger partial charge in [0.1, 0.15) is 12.7 Å². The van der Waals surface area contributed by atoms with Gasteiger partial charge in [-0.1, -0.05) is 30.3 Å². The average Bonchev–Trinajstić information content (AvgIpc) is 2.30. The molecule has 2 aromatic rings. The Kier molecular flexibility index (Phi) is 5.15. The van der Waals surface area contributed by atoms with Crippen LogP contribution in [0.2, 0.25) is 0 Å². The van der Waals surface area contributed by atoms with Gasteiger partial charge in [0.25, 0.3) is 0 Å². The van der Waals surface area contributed by atoms with Gasteiger partial charge < -0.3 is 29.7 Å². The SMILES string of the molecule is C[n+]1cccc(N)c1C=Cc1ccccc1.[I-]. The van der Waals surface area contributed by atoms with E-state index in [1.54, 1.807) is 0 Å². The first kappa shape index (κ1) is 13.7. The monoisotopic (exact) mass is 338 g/mol. The smallest absolute Gasteiger partial charge is 0.228 e. The second-order valence-electron chi connectivity index (χ2n) is 3.70. The minimum absolute atomic E-state index is 0. The van der Waals surface area contributed by atoms with Gasteiger partial charge >= 0.3 is 0 Å². The molecule has 0 saturated carbocycles. The molecule has 3 heteroatoms. The maximum Gasteiger partial charge on any atom is 0.228 e. The van der Waals surface area contributed by atoms with Crippen LogP contribution in [0.25, 0.3) is 12.2 Å². The highest BCUT2D eigenvalue weighted by molar-refractivity contribution is 5.71. The second-order valence-corrected chi connectivity index (χ2v) is 3.70. The molecule has 0 saturated heterocycles. The number of hydrogen-bond donors (Lipinski definition) is 1. The number of rotatable bonds is 2. The maximum atomic E-state index is 5.91. The summed E-state index contributed by atoms with van der Waals surface area (Å²) in [4.78, 5) is 0. The average molecular weight is 338 g/mol. The van der Waals surface area contributed by atoms with Gasteiger partial charge in [-0.25, -0.2) is 0 Å². The van der Waals surface area contributed by atoms with Gasteiger partial charge in [0, 0.05) is 12.1 Å². The van der Waals surface area contributed by atoms with E-state index in [-0.39, 0.29) is 24.0 Å². The fourth-order valence-corrected chi connectivity index (χ4v) is 1.60. The molecular weight excluding hydrogens is 323 g/mol. The summed E-state index contributed by atoms with van der Waals surface area (Å²) in [6.45, 7) is 0. The zero-order valence-corrected chi connectivity index (χ0v) is 11.8. The lowest BCUT2D eigenvalue weighted by Crippen LogP contribution is -3.00. The number of hydrogen-bond acceptors (Lipinski definition) is 1. The van der Waals surface area contributed by atoms with Gasteiger partial charge in [-0.3, -0.25) is 0 Å². The van der Waals surface area contributed by atoms with E-state index < -0.39 is 0 Å².